The molecule has 0 N–H and O–H groups in total. The summed E-state index contributed by atoms with van der Waals surface area (Å²) < 4.78 is 15.9. The van der Waals surface area contributed by atoms with Crippen molar-refractivity contribution in [2.45, 2.75) is 31.8 Å². The van der Waals surface area contributed by atoms with Crippen molar-refractivity contribution in [3.8, 4) is 0 Å². The van der Waals surface area contributed by atoms with E-state index in [1.807, 2.05) is 4.90 Å². The predicted molar refractivity (Wildman–Crippen MR) is 99.5 cm³/mol. The van der Waals surface area contributed by atoms with Crippen molar-refractivity contribution in [2.75, 3.05) is 72.7 Å². The summed E-state index contributed by atoms with van der Waals surface area (Å²) in [6, 6.07) is 0. The highest BCUT2D eigenvalue weighted by atomic mass is 16.6. The number of piperidine rings is 1. The average Bonchev–Trinajstić information content (AvgIpc) is 3.33. The van der Waals surface area contributed by atoms with E-state index in [9.17, 15) is 9.59 Å². The number of hydrogen-bond acceptors (Lipinski definition) is 6. The van der Waals surface area contributed by atoms with Gasteiger partial charge < -0.3 is 24.0 Å². The van der Waals surface area contributed by atoms with Gasteiger partial charge >= 0.3 is 6.09 Å². The molecule has 0 aromatic heterocycles. The minimum absolute atomic E-state index is 0.00571. The van der Waals surface area contributed by atoms with Crippen LogP contribution in [0.1, 0.15) is 25.7 Å². The summed E-state index contributed by atoms with van der Waals surface area (Å²) in [5.41, 5.74) is 0. The summed E-state index contributed by atoms with van der Waals surface area (Å²) in [5.74, 6) is 0.505. The van der Waals surface area contributed by atoms with E-state index >= 15 is 0 Å². The molecule has 3 aliphatic heterocycles. The van der Waals surface area contributed by atoms with Crippen molar-refractivity contribution in [2.24, 2.45) is 5.92 Å². The van der Waals surface area contributed by atoms with Crippen LogP contribution < -0.4 is 0 Å². The van der Waals surface area contributed by atoms with Gasteiger partial charge in [0.15, 0.2) is 0 Å². The third-order valence-corrected chi connectivity index (χ3v) is 5.77. The molecule has 3 fully saturated rings. The molecule has 8 nitrogen and oxygen atoms in total. The second-order valence-corrected chi connectivity index (χ2v) is 7.75. The Kier molecular flexibility index (Phi) is 7.72. The number of cyclic esters (lactones) is 1. The molecule has 0 spiro atoms. The maximum absolute atomic E-state index is 12.9. The van der Waals surface area contributed by atoms with E-state index in [2.05, 4.69) is 4.90 Å². The lowest BCUT2D eigenvalue weighted by Gasteiger charge is -2.35. The highest BCUT2D eigenvalue weighted by Crippen LogP contribution is 2.21. The zero-order chi connectivity index (χ0) is 19.1. The van der Waals surface area contributed by atoms with Crippen molar-refractivity contribution in [3.05, 3.63) is 0 Å². The van der Waals surface area contributed by atoms with Crippen LogP contribution in [-0.4, -0.2) is 106 Å². The number of nitrogens with zero attached hydrogens (tertiary/aromatic N) is 3. The number of likely N-dealkylation sites (tertiary alicyclic amines) is 1. The average molecular weight is 383 g/mol. The lowest BCUT2D eigenvalue weighted by Crippen LogP contribution is -2.47. The van der Waals surface area contributed by atoms with Gasteiger partial charge in [0.05, 0.1) is 19.3 Å². The Hall–Kier alpha value is -1.38. The lowest BCUT2D eigenvalue weighted by molar-refractivity contribution is -0.134. The van der Waals surface area contributed by atoms with Crippen LogP contribution in [0.2, 0.25) is 0 Å². The predicted octanol–water partition coefficient (Wildman–Crippen LogP) is 0.805. The summed E-state index contributed by atoms with van der Waals surface area (Å²) in [6.07, 6.45) is 3.98. The Morgan fingerprint density at radius 3 is 2.63 bits per heavy atom. The lowest BCUT2D eigenvalue weighted by atomic mass is 9.96. The zero-order valence-electron chi connectivity index (χ0n) is 16.4. The molecule has 1 unspecified atom stereocenters. The fourth-order valence-corrected chi connectivity index (χ4v) is 4.07. The highest BCUT2D eigenvalue weighted by molar-refractivity contribution is 5.83. The van der Waals surface area contributed by atoms with Crippen LogP contribution in [-0.2, 0) is 19.0 Å². The van der Waals surface area contributed by atoms with Gasteiger partial charge in [0.1, 0.15) is 13.2 Å². The van der Waals surface area contributed by atoms with Crippen LogP contribution >= 0.6 is 0 Å². The van der Waals surface area contributed by atoms with E-state index in [4.69, 9.17) is 14.2 Å². The Morgan fingerprint density at radius 1 is 1.19 bits per heavy atom. The molecule has 1 atom stereocenters. The summed E-state index contributed by atoms with van der Waals surface area (Å²) in [5, 5.41) is 0. The molecule has 0 aromatic rings. The molecule has 3 aliphatic rings. The van der Waals surface area contributed by atoms with E-state index in [0.29, 0.717) is 25.6 Å². The summed E-state index contributed by atoms with van der Waals surface area (Å²) in [6.45, 7) is 6.97. The van der Waals surface area contributed by atoms with Gasteiger partial charge in [-0.25, -0.2) is 4.79 Å². The van der Waals surface area contributed by atoms with Crippen LogP contribution in [0.3, 0.4) is 0 Å². The van der Waals surface area contributed by atoms with Crippen LogP contribution in [0.5, 0.6) is 0 Å². The molecule has 27 heavy (non-hydrogen) atoms. The normalized spacial score (nSPS) is 24.4. The first-order valence-electron chi connectivity index (χ1n) is 10.2. The fraction of sp³-hybridized carbons (Fsp3) is 0.895. The highest BCUT2D eigenvalue weighted by Gasteiger charge is 2.30. The molecule has 0 radical (unpaired) electrons. The standard InChI is InChI=1S/C19H33N3O5/c1-25-11-8-20-6-4-16(5-7-20)13-22(14-17-3-2-10-26-17)18(23)15-21-9-12-27-19(21)24/h16-17H,2-15H2,1H3. The van der Waals surface area contributed by atoms with Crippen LogP contribution in [0.25, 0.3) is 0 Å². The second-order valence-electron chi connectivity index (χ2n) is 7.75. The first-order chi connectivity index (χ1) is 13.2. The molecule has 0 saturated carbocycles. The first-order valence-corrected chi connectivity index (χ1v) is 10.2. The van der Waals surface area contributed by atoms with Gasteiger partial charge in [0.2, 0.25) is 5.91 Å². The van der Waals surface area contributed by atoms with E-state index in [-0.39, 0.29) is 24.6 Å². The Morgan fingerprint density at radius 2 is 2.00 bits per heavy atom. The Labute approximate surface area is 161 Å². The number of ether oxygens (including phenoxy) is 3. The summed E-state index contributed by atoms with van der Waals surface area (Å²) >= 11 is 0. The number of amides is 2. The fourth-order valence-electron chi connectivity index (χ4n) is 4.07. The van der Waals surface area contributed by atoms with Crippen molar-refractivity contribution >= 4 is 12.0 Å². The molecule has 8 heteroatoms. The molecule has 0 aliphatic carbocycles. The van der Waals surface area contributed by atoms with Gasteiger partial charge in [0, 0.05) is 33.4 Å². The number of hydrogen-bond donors (Lipinski definition) is 0. The van der Waals surface area contributed by atoms with Crippen molar-refractivity contribution in [3.63, 3.8) is 0 Å². The molecular weight excluding hydrogens is 350 g/mol. The molecular formula is C19H33N3O5. The first kappa shape index (κ1) is 20.4. The Bertz CT molecular complexity index is 490. The van der Waals surface area contributed by atoms with Crippen molar-refractivity contribution < 1.29 is 23.8 Å². The van der Waals surface area contributed by atoms with Gasteiger partial charge in [-0.3, -0.25) is 9.69 Å². The molecule has 2 amide bonds. The smallest absolute Gasteiger partial charge is 0.410 e. The van der Waals surface area contributed by atoms with E-state index in [0.717, 1.165) is 65.1 Å². The number of methoxy groups -OCH3 is 1. The van der Waals surface area contributed by atoms with Crippen LogP contribution in [0.15, 0.2) is 0 Å². The molecule has 3 rings (SSSR count). The van der Waals surface area contributed by atoms with E-state index in [1.54, 1.807) is 7.11 Å². The number of carbonyl (C=O) groups excluding carboxylic acids is 2. The SMILES string of the molecule is COCCN1CCC(CN(CC2CCCO2)C(=O)CN2CCOC2=O)CC1. The third-order valence-electron chi connectivity index (χ3n) is 5.77. The minimum atomic E-state index is -0.383. The van der Waals surface area contributed by atoms with Gasteiger partial charge in [0.25, 0.3) is 0 Å². The van der Waals surface area contributed by atoms with Gasteiger partial charge in [-0.05, 0) is 44.7 Å². The van der Waals surface area contributed by atoms with Gasteiger partial charge in [-0.2, -0.15) is 0 Å². The summed E-state index contributed by atoms with van der Waals surface area (Å²) in [4.78, 5) is 30.4. The maximum Gasteiger partial charge on any atom is 0.410 e. The van der Waals surface area contributed by atoms with Crippen molar-refractivity contribution in [1.82, 2.24) is 14.7 Å². The quantitative estimate of drug-likeness (QED) is 0.587. The molecule has 3 heterocycles. The molecule has 3 saturated heterocycles. The molecule has 154 valence electrons. The zero-order valence-corrected chi connectivity index (χ0v) is 16.4. The monoisotopic (exact) mass is 383 g/mol. The third kappa shape index (κ3) is 6.05. The van der Waals surface area contributed by atoms with Gasteiger partial charge in [-0.15, -0.1) is 0 Å². The molecule has 0 aromatic carbocycles. The van der Waals surface area contributed by atoms with Crippen LogP contribution in [0.4, 0.5) is 4.79 Å². The van der Waals surface area contributed by atoms with E-state index in [1.165, 1.54) is 4.90 Å². The summed E-state index contributed by atoms with van der Waals surface area (Å²) in [7, 11) is 1.73. The number of carbonyl (C=O) groups is 2. The largest absolute Gasteiger partial charge is 0.448 e. The van der Waals surface area contributed by atoms with Gasteiger partial charge in [-0.1, -0.05) is 0 Å². The van der Waals surface area contributed by atoms with Crippen molar-refractivity contribution in [1.29, 1.82) is 0 Å². The minimum Gasteiger partial charge on any atom is -0.448 e. The Balaban J connectivity index is 1.51. The second kappa shape index (κ2) is 10.2. The number of rotatable bonds is 9. The topological polar surface area (TPSA) is 71.6 Å². The van der Waals surface area contributed by atoms with E-state index < -0.39 is 0 Å². The molecule has 0 bridgehead atoms. The van der Waals surface area contributed by atoms with Crippen LogP contribution in [0, 0.1) is 5.92 Å². The maximum atomic E-state index is 12.9.